The van der Waals surface area contributed by atoms with Gasteiger partial charge in [0.2, 0.25) is 0 Å². The molecule has 0 aliphatic heterocycles. The van der Waals surface area contributed by atoms with Gasteiger partial charge < -0.3 is 4.18 Å². The maximum absolute atomic E-state index is 5.51. The van der Waals surface area contributed by atoms with Crippen LogP contribution < -0.4 is 4.18 Å². The summed E-state index contributed by atoms with van der Waals surface area (Å²) in [6.07, 6.45) is 0. The summed E-state index contributed by atoms with van der Waals surface area (Å²) in [5.41, 5.74) is 0. The Hall–Kier alpha value is -1.41. The predicted molar refractivity (Wildman–Crippen MR) is 59.4 cm³/mol. The molecule has 0 N–H and O–H groups in total. The monoisotopic (exact) mass is 202 g/mol. The van der Waals surface area contributed by atoms with E-state index in [1.165, 1.54) is 12.0 Å². The minimum absolute atomic E-state index is 0.876. The second kappa shape index (κ2) is 4.72. The largest absolute Gasteiger partial charge is 0.421 e. The average Bonchev–Trinajstić information content (AvgIpc) is 2.29. The van der Waals surface area contributed by atoms with E-state index in [1.54, 1.807) is 0 Å². The number of hydrogen-bond acceptors (Lipinski definition) is 2. The molecule has 0 saturated heterocycles. The zero-order valence-electron chi connectivity index (χ0n) is 7.59. The van der Waals surface area contributed by atoms with E-state index in [4.69, 9.17) is 4.18 Å². The van der Waals surface area contributed by atoms with Crippen molar-refractivity contribution >= 4 is 12.0 Å². The van der Waals surface area contributed by atoms with Crippen LogP contribution in [0.25, 0.3) is 0 Å². The van der Waals surface area contributed by atoms with Gasteiger partial charge >= 0.3 is 0 Å². The lowest BCUT2D eigenvalue weighted by Gasteiger charge is -2.02. The zero-order valence-corrected chi connectivity index (χ0v) is 8.41. The number of benzene rings is 2. The summed E-state index contributed by atoms with van der Waals surface area (Å²) in [6.45, 7) is 0. The fourth-order valence-corrected chi connectivity index (χ4v) is 1.62. The Balaban J connectivity index is 1.96. The van der Waals surface area contributed by atoms with Gasteiger partial charge in [0.1, 0.15) is 5.75 Å². The van der Waals surface area contributed by atoms with Crippen LogP contribution in [0.2, 0.25) is 0 Å². The van der Waals surface area contributed by atoms with E-state index in [0.717, 1.165) is 10.6 Å². The lowest BCUT2D eigenvalue weighted by molar-refractivity contribution is 0.646. The van der Waals surface area contributed by atoms with Crippen molar-refractivity contribution in [3.63, 3.8) is 0 Å². The minimum atomic E-state index is 0.876. The Labute approximate surface area is 87.9 Å². The Morgan fingerprint density at radius 2 is 1.29 bits per heavy atom. The molecule has 2 heteroatoms. The Morgan fingerprint density at radius 1 is 0.714 bits per heavy atom. The first-order valence-corrected chi connectivity index (χ1v) is 5.14. The molecule has 0 saturated carbocycles. The van der Waals surface area contributed by atoms with E-state index >= 15 is 0 Å². The smallest absolute Gasteiger partial charge is 0.137 e. The zero-order chi connectivity index (χ0) is 9.64. The molecule has 2 aromatic rings. The lowest BCUT2D eigenvalue weighted by atomic mass is 10.3. The maximum Gasteiger partial charge on any atom is 0.137 e. The van der Waals surface area contributed by atoms with Crippen molar-refractivity contribution in [3.05, 3.63) is 60.7 Å². The first kappa shape index (κ1) is 9.16. The summed E-state index contributed by atoms with van der Waals surface area (Å²) in [6, 6.07) is 19.8. The molecule has 0 aliphatic rings. The van der Waals surface area contributed by atoms with E-state index < -0.39 is 0 Å². The van der Waals surface area contributed by atoms with Gasteiger partial charge in [0.15, 0.2) is 0 Å². The summed E-state index contributed by atoms with van der Waals surface area (Å²) < 4.78 is 5.51. The molecule has 0 radical (unpaired) electrons. The van der Waals surface area contributed by atoms with Gasteiger partial charge in [-0.05, 0) is 24.3 Å². The summed E-state index contributed by atoms with van der Waals surface area (Å²) in [7, 11) is 0. The van der Waals surface area contributed by atoms with Crippen LogP contribution in [-0.2, 0) is 0 Å². The highest BCUT2D eigenvalue weighted by Gasteiger charge is 1.94. The fourth-order valence-electron chi connectivity index (χ4n) is 1.05. The molecule has 0 heterocycles. The van der Waals surface area contributed by atoms with Gasteiger partial charge in [0, 0.05) is 4.90 Å². The van der Waals surface area contributed by atoms with Crippen molar-refractivity contribution in [3.8, 4) is 5.75 Å². The van der Waals surface area contributed by atoms with E-state index in [2.05, 4.69) is 0 Å². The second-order valence-corrected chi connectivity index (χ2v) is 3.60. The Kier molecular flexibility index (Phi) is 3.09. The van der Waals surface area contributed by atoms with Crippen LogP contribution in [0.4, 0.5) is 0 Å². The molecule has 70 valence electrons. The number of hydrogen-bond donors (Lipinski definition) is 0. The molecule has 0 fully saturated rings. The van der Waals surface area contributed by atoms with Gasteiger partial charge in [-0.1, -0.05) is 36.4 Å². The molecule has 2 rings (SSSR count). The molecule has 14 heavy (non-hydrogen) atoms. The van der Waals surface area contributed by atoms with Gasteiger partial charge in [-0.25, -0.2) is 0 Å². The fraction of sp³-hybridized carbons (Fsp3) is 0. The molecule has 0 amide bonds. The number of para-hydroxylation sites is 1. The van der Waals surface area contributed by atoms with Crippen molar-refractivity contribution < 1.29 is 4.18 Å². The SMILES string of the molecule is c1ccc(OSc2ccccc2)cc1. The third-order valence-electron chi connectivity index (χ3n) is 1.72. The van der Waals surface area contributed by atoms with Crippen LogP contribution in [0.5, 0.6) is 5.75 Å². The van der Waals surface area contributed by atoms with Gasteiger partial charge in [-0.15, -0.1) is 0 Å². The standard InChI is InChI=1S/C12H10OS/c1-3-7-11(8-4-1)13-14-12-9-5-2-6-10-12/h1-10H. The summed E-state index contributed by atoms with van der Waals surface area (Å²) in [5.74, 6) is 0.876. The average molecular weight is 202 g/mol. The Morgan fingerprint density at radius 3 is 1.93 bits per heavy atom. The van der Waals surface area contributed by atoms with Crippen molar-refractivity contribution in [2.45, 2.75) is 4.90 Å². The van der Waals surface area contributed by atoms with E-state index in [-0.39, 0.29) is 0 Å². The highest BCUT2D eigenvalue weighted by Crippen LogP contribution is 2.22. The highest BCUT2D eigenvalue weighted by molar-refractivity contribution is 7.95. The van der Waals surface area contributed by atoms with Crippen LogP contribution in [0.1, 0.15) is 0 Å². The molecule has 0 atom stereocenters. The third kappa shape index (κ3) is 2.54. The van der Waals surface area contributed by atoms with Crippen LogP contribution in [-0.4, -0.2) is 0 Å². The predicted octanol–water partition coefficient (Wildman–Crippen LogP) is 3.77. The maximum atomic E-state index is 5.51. The van der Waals surface area contributed by atoms with Crippen LogP contribution in [0.3, 0.4) is 0 Å². The van der Waals surface area contributed by atoms with Gasteiger partial charge in [-0.2, -0.15) is 0 Å². The van der Waals surface area contributed by atoms with Crippen molar-refractivity contribution in [2.24, 2.45) is 0 Å². The third-order valence-corrected chi connectivity index (χ3v) is 2.46. The van der Waals surface area contributed by atoms with Crippen LogP contribution in [0.15, 0.2) is 65.6 Å². The van der Waals surface area contributed by atoms with Crippen molar-refractivity contribution in [1.82, 2.24) is 0 Å². The second-order valence-electron chi connectivity index (χ2n) is 2.79. The summed E-state index contributed by atoms with van der Waals surface area (Å²) in [5, 5.41) is 0. The number of rotatable bonds is 3. The molecule has 2 aromatic carbocycles. The minimum Gasteiger partial charge on any atom is -0.421 e. The molecule has 1 nitrogen and oxygen atoms in total. The first-order chi connectivity index (χ1) is 6.95. The summed E-state index contributed by atoms with van der Waals surface area (Å²) in [4.78, 5) is 1.11. The van der Waals surface area contributed by atoms with Gasteiger partial charge in [0.05, 0.1) is 12.0 Å². The van der Waals surface area contributed by atoms with Crippen LogP contribution in [0, 0.1) is 0 Å². The molecule has 0 aliphatic carbocycles. The quantitative estimate of drug-likeness (QED) is 0.701. The molecular formula is C12H10OS. The van der Waals surface area contributed by atoms with Crippen LogP contribution >= 0.6 is 12.0 Å². The molecule has 0 unspecified atom stereocenters. The normalized spacial score (nSPS) is 9.71. The molecule has 0 bridgehead atoms. The molecule has 0 spiro atoms. The van der Waals surface area contributed by atoms with Crippen molar-refractivity contribution in [1.29, 1.82) is 0 Å². The summed E-state index contributed by atoms with van der Waals surface area (Å²) >= 11 is 1.37. The van der Waals surface area contributed by atoms with Gasteiger partial charge in [0.25, 0.3) is 0 Å². The first-order valence-electron chi connectivity index (χ1n) is 4.40. The highest BCUT2D eigenvalue weighted by atomic mass is 32.2. The topological polar surface area (TPSA) is 9.23 Å². The van der Waals surface area contributed by atoms with E-state index in [0.29, 0.717) is 0 Å². The Bertz CT molecular complexity index is 333. The molecule has 0 aromatic heterocycles. The van der Waals surface area contributed by atoms with E-state index in [1.807, 2.05) is 60.7 Å². The lowest BCUT2D eigenvalue weighted by Crippen LogP contribution is -1.80. The molecular weight excluding hydrogens is 192 g/mol. The van der Waals surface area contributed by atoms with Crippen molar-refractivity contribution in [2.75, 3.05) is 0 Å². The van der Waals surface area contributed by atoms with Gasteiger partial charge in [-0.3, -0.25) is 0 Å². The van der Waals surface area contributed by atoms with E-state index in [9.17, 15) is 0 Å².